The third kappa shape index (κ3) is 17.2. The number of halogens is 2. The van der Waals surface area contributed by atoms with Gasteiger partial charge in [0.1, 0.15) is 18.0 Å². The first-order valence-corrected chi connectivity index (χ1v) is 17.3. The maximum Gasteiger partial charge on any atom is 0.416 e. The molecule has 0 aliphatic heterocycles. The van der Waals surface area contributed by atoms with Gasteiger partial charge in [-0.3, -0.25) is 19.3 Å². The van der Waals surface area contributed by atoms with Crippen LogP contribution in [0.15, 0.2) is 35.6 Å². The highest BCUT2D eigenvalue weighted by Gasteiger charge is 2.25. The summed E-state index contributed by atoms with van der Waals surface area (Å²) in [5.74, 6) is -0.878. The monoisotopic (exact) mass is 767 g/mol. The van der Waals surface area contributed by atoms with Crippen LogP contribution >= 0.6 is 23.2 Å². The average molecular weight is 769 g/mol. The van der Waals surface area contributed by atoms with E-state index in [4.69, 9.17) is 52.4 Å². The Labute approximate surface area is 313 Å². The van der Waals surface area contributed by atoms with Gasteiger partial charge in [-0.05, 0) is 81.5 Å². The molecule has 52 heavy (non-hydrogen) atoms. The quantitative estimate of drug-likeness (QED) is 0.0480. The summed E-state index contributed by atoms with van der Waals surface area (Å²) in [6.07, 6.45) is 1.84. The van der Waals surface area contributed by atoms with Crippen molar-refractivity contribution in [3.05, 3.63) is 62.1 Å². The fourth-order valence-electron chi connectivity index (χ4n) is 4.45. The molecule has 2 N–H and O–H groups in total. The van der Waals surface area contributed by atoms with Gasteiger partial charge in [-0.2, -0.15) is 0 Å². The second kappa shape index (κ2) is 23.3. The molecule has 16 nitrogen and oxygen atoms in total. The minimum absolute atomic E-state index is 0.104. The number of nitrogens with zero attached hydrogens (tertiary/aromatic N) is 5. The molecule has 1 aromatic heterocycles. The van der Waals surface area contributed by atoms with Gasteiger partial charge in [-0.1, -0.05) is 28.3 Å². The molecular weight excluding hydrogens is 721 g/mol. The first-order valence-electron chi connectivity index (χ1n) is 16.6. The Bertz CT molecular complexity index is 1510. The topological polar surface area (TPSA) is 203 Å². The van der Waals surface area contributed by atoms with Crippen LogP contribution in [0.3, 0.4) is 0 Å². The summed E-state index contributed by atoms with van der Waals surface area (Å²) >= 11 is 12.9. The summed E-state index contributed by atoms with van der Waals surface area (Å²) < 4.78 is 26.7. The van der Waals surface area contributed by atoms with Crippen molar-refractivity contribution in [3.8, 4) is 5.75 Å². The van der Waals surface area contributed by atoms with Crippen LogP contribution < -0.4 is 20.3 Å². The molecule has 0 fully saturated rings. The minimum Gasteiger partial charge on any atom is -0.488 e. The number of carbonyl (C=O) groups excluding carboxylic acids is 4. The highest BCUT2D eigenvalue weighted by atomic mass is 35.5. The van der Waals surface area contributed by atoms with E-state index in [2.05, 4.69) is 25.6 Å². The largest absolute Gasteiger partial charge is 0.488 e. The van der Waals surface area contributed by atoms with Crippen LogP contribution in [0, 0.1) is 6.92 Å². The van der Waals surface area contributed by atoms with Crippen molar-refractivity contribution in [2.45, 2.75) is 65.0 Å². The summed E-state index contributed by atoms with van der Waals surface area (Å²) in [6, 6.07) is 5.76. The van der Waals surface area contributed by atoms with E-state index in [0.717, 1.165) is 5.56 Å². The van der Waals surface area contributed by atoms with E-state index in [-0.39, 0.29) is 67.4 Å². The lowest BCUT2D eigenvalue weighted by atomic mass is 10.0. The predicted octanol–water partition coefficient (Wildman–Crippen LogP) is 5.87. The van der Waals surface area contributed by atoms with Gasteiger partial charge < -0.3 is 34.3 Å². The maximum absolute atomic E-state index is 12.9. The molecule has 0 saturated heterocycles. The number of methoxy groups -OCH3 is 1. The molecule has 0 saturated carbocycles. The number of nitrogens with one attached hydrogen (secondary N) is 2. The molecule has 0 aliphatic carbocycles. The van der Waals surface area contributed by atoms with Crippen LogP contribution in [0.2, 0.25) is 10.0 Å². The zero-order chi connectivity index (χ0) is 38.5. The Hall–Kier alpha value is -4.34. The average Bonchev–Trinajstić information content (AvgIpc) is 3.07. The van der Waals surface area contributed by atoms with Crippen LogP contribution in [-0.4, -0.2) is 94.2 Å². The van der Waals surface area contributed by atoms with Gasteiger partial charge in [0.15, 0.2) is 5.75 Å². The number of hydrogen-bond donors (Lipinski definition) is 2. The molecule has 0 spiro atoms. The van der Waals surface area contributed by atoms with Gasteiger partial charge >= 0.3 is 12.1 Å². The highest BCUT2D eigenvalue weighted by Crippen LogP contribution is 2.36. The van der Waals surface area contributed by atoms with E-state index in [1.165, 1.54) is 24.1 Å². The van der Waals surface area contributed by atoms with Crippen LogP contribution in [0.5, 0.6) is 5.75 Å². The zero-order valence-corrected chi connectivity index (χ0v) is 31.6. The second-order valence-electron chi connectivity index (χ2n) is 12.3. The Morgan fingerprint density at radius 3 is 2.31 bits per heavy atom. The fraction of sp³-hybridized carbons (Fsp3) is 0.559. The van der Waals surface area contributed by atoms with E-state index in [1.54, 1.807) is 33.0 Å². The number of carbonyl (C=O) groups is 4. The Morgan fingerprint density at radius 2 is 1.67 bits per heavy atom. The number of hydrogen-bond acceptors (Lipinski definition) is 11. The third-order valence-electron chi connectivity index (χ3n) is 6.87. The SMILES string of the molecule is COC(=O)CC(NC(=O)CNC(=O)CCCCN(C(=O)OC(C)(C)C)c1cc(C)ccn1)c1cc(Cl)c(OCCOCCOCCN=[N+]=[N-])c(Cl)c1. The molecule has 1 heterocycles. The van der Waals surface area contributed by atoms with Crippen molar-refractivity contribution in [2.75, 3.05) is 64.7 Å². The number of azide groups is 1. The number of benzene rings is 1. The standard InChI is InChI=1S/C34H47Cl2N7O9/c1-23-9-10-38-28(18-23)43(33(47)52-34(2,3)4)12-7-6-8-29(44)39-22-30(45)41-27(21-31(46)48-5)24-19-25(35)32(26(36)20-24)51-17-16-50-15-14-49-13-11-40-42-37/h9-10,18-20,27H,6-8,11-17,21-22H2,1-5H3,(H,39,44)(H,41,45). The number of esters is 1. The Balaban J connectivity index is 1.88. The zero-order valence-electron chi connectivity index (χ0n) is 30.1. The van der Waals surface area contributed by atoms with Crippen molar-refractivity contribution in [1.29, 1.82) is 0 Å². The maximum atomic E-state index is 12.9. The molecule has 0 radical (unpaired) electrons. The number of rotatable bonds is 22. The number of ether oxygens (including phenoxy) is 5. The molecule has 2 rings (SSSR count). The number of anilines is 1. The third-order valence-corrected chi connectivity index (χ3v) is 7.44. The molecule has 1 aromatic carbocycles. The number of unbranched alkanes of at least 4 members (excludes halogenated alkanes) is 1. The number of amides is 3. The Kier molecular flexibility index (Phi) is 19.6. The van der Waals surface area contributed by atoms with Gasteiger partial charge in [0, 0.05) is 30.6 Å². The summed E-state index contributed by atoms with van der Waals surface area (Å²) in [5, 5.41) is 8.95. The van der Waals surface area contributed by atoms with E-state index < -0.39 is 29.6 Å². The van der Waals surface area contributed by atoms with E-state index in [9.17, 15) is 19.2 Å². The summed E-state index contributed by atoms with van der Waals surface area (Å²) in [6.45, 7) is 8.65. The molecule has 1 unspecified atom stereocenters. The van der Waals surface area contributed by atoms with Crippen molar-refractivity contribution >= 4 is 52.9 Å². The first kappa shape index (κ1) is 43.8. The molecule has 1 atom stereocenters. The summed E-state index contributed by atoms with van der Waals surface area (Å²) in [5.41, 5.74) is 8.89. The summed E-state index contributed by atoms with van der Waals surface area (Å²) in [7, 11) is 1.22. The number of aryl methyl sites for hydroxylation is 1. The predicted molar refractivity (Wildman–Crippen MR) is 195 cm³/mol. The minimum atomic E-state index is -0.878. The van der Waals surface area contributed by atoms with Gasteiger partial charge in [-0.25, -0.2) is 9.78 Å². The number of pyridine rings is 1. The van der Waals surface area contributed by atoms with E-state index in [0.29, 0.717) is 44.0 Å². The normalized spacial score (nSPS) is 11.5. The fourth-order valence-corrected chi connectivity index (χ4v) is 5.06. The smallest absolute Gasteiger partial charge is 0.416 e. The molecule has 18 heteroatoms. The first-order chi connectivity index (χ1) is 24.7. The van der Waals surface area contributed by atoms with Crippen molar-refractivity contribution in [3.63, 3.8) is 0 Å². The van der Waals surface area contributed by atoms with Gasteiger partial charge in [-0.15, -0.1) is 0 Å². The van der Waals surface area contributed by atoms with E-state index in [1.807, 2.05) is 13.0 Å². The van der Waals surface area contributed by atoms with E-state index >= 15 is 0 Å². The van der Waals surface area contributed by atoms with Crippen LogP contribution in [0.4, 0.5) is 10.6 Å². The lowest BCUT2D eigenvalue weighted by Gasteiger charge is -2.27. The second-order valence-corrected chi connectivity index (χ2v) is 13.1. The lowest BCUT2D eigenvalue weighted by molar-refractivity contribution is -0.141. The van der Waals surface area contributed by atoms with Crippen LogP contribution in [0.25, 0.3) is 10.4 Å². The number of aromatic nitrogens is 1. The molecule has 0 aliphatic rings. The molecule has 3 amide bonds. The van der Waals surface area contributed by atoms with Crippen molar-refractivity contribution in [2.24, 2.45) is 5.11 Å². The molecule has 286 valence electrons. The molecular formula is C34H47Cl2N7O9. The van der Waals surface area contributed by atoms with Crippen LogP contribution in [-0.2, 0) is 33.3 Å². The highest BCUT2D eigenvalue weighted by molar-refractivity contribution is 6.37. The van der Waals surface area contributed by atoms with Crippen LogP contribution in [0.1, 0.15) is 63.6 Å². The lowest BCUT2D eigenvalue weighted by Crippen LogP contribution is -2.39. The van der Waals surface area contributed by atoms with Gasteiger partial charge in [0.25, 0.3) is 0 Å². The van der Waals surface area contributed by atoms with Gasteiger partial charge in [0.2, 0.25) is 11.8 Å². The summed E-state index contributed by atoms with van der Waals surface area (Å²) in [4.78, 5) is 58.9. The van der Waals surface area contributed by atoms with Crippen molar-refractivity contribution in [1.82, 2.24) is 15.6 Å². The molecule has 2 aromatic rings. The molecule has 0 bridgehead atoms. The van der Waals surface area contributed by atoms with Gasteiger partial charge in [0.05, 0.1) is 62.6 Å². The van der Waals surface area contributed by atoms with Crippen molar-refractivity contribution < 1.29 is 42.9 Å². The Morgan fingerprint density at radius 1 is 1.00 bits per heavy atom.